The molecule has 1 atom stereocenters. The summed E-state index contributed by atoms with van der Waals surface area (Å²) in [5, 5.41) is 12.4. The van der Waals surface area contributed by atoms with Crippen molar-refractivity contribution in [1.29, 1.82) is 0 Å². The third-order valence-electron chi connectivity index (χ3n) is 7.03. The summed E-state index contributed by atoms with van der Waals surface area (Å²) in [6.45, 7) is 1.91. The van der Waals surface area contributed by atoms with Gasteiger partial charge >= 0.3 is 12.1 Å². The maximum Gasteiger partial charge on any atom is 0.407 e. The number of benzene rings is 2. The molecular formula is C26H30N2O5. The molecule has 0 unspecified atom stereocenters. The van der Waals surface area contributed by atoms with Gasteiger partial charge < -0.3 is 20.1 Å². The lowest BCUT2D eigenvalue weighted by Crippen LogP contribution is -2.54. The van der Waals surface area contributed by atoms with Crippen molar-refractivity contribution in [3.63, 3.8) is 0 Å². The highest BCUT2D eigenvalue weighted by Gasteiger charge is 2.47. The third-order valence-corrected chi connectivity index (χ3v) is 7.03. The lowest BCUT2D eigenvalue weighted by molar-refractivity contribution is -0.157. The van der Waals surface area contributed by atoms with Gasteiger partial charge in [0.25, 0.3) is 0 Å². The zero-order valence-corrected chi connectivity index (χ0v) is 19.0. The molecule has 2 N–H and O–H groups in total. The Morgan fingerprint density at radius 2 is 1.61 bits per heavy atom. The standard InChI is InChI=1S/C26H30N2O5/c1-17(15-23(29)28(2)26(24(30)31)13-7-8-14-26)27-25(32)33-16-22-20-11-5-3-9-18(20)19-10-4-6-12-21(19)22/h3-6,9-12,17,22H,7-8,13-16H2,1-2H3,(H,27,32)(H,30,31)/t17-/m0/s1. The molecule has 2 amide bonds. The minimum absolute atomic E-state index is 0.00965. The van der Waals surface area contributed by atoms with Gasteiger partial charge in [-0.1, -0.05) is 61.4 Å². The van der Waals surface area contributed by atoms with Gasteiger partial charge in [0, 0.05) is 25.4 Å². The van der Waals surface area contributed by atoms with Crippen LogP contribution >= 0.6 is 0 Å². The van der Waals surface area contributed by atoms with Crippen LogP contribution in [-0.4, -0.2) is 53.2 Å². The van der Waals surface area contributed by atoms with E-state index in [9.17, 15) is 19.5 Å². The largest absolute Gasteiger partial charge is 0.479 e. The van der Waals surface area contributed by atoms with E-state index in [0.29, 0.717) is 12.8 Å². The number of nitrogens with zero attached hydrogens (tertiary/aromatic N) is 1. The van der Waals surface area contributed by atoms with Crippen molar-refractivity contribution in [3.05, 3.63) is 59.7 Å². The Morgan fingerprint density at radius 1 is 1.06 bits per heavy atom. The second kappa shape index (κ2) is 9.25. The SMILES string of the molecule is C[C@@H](CC(=O)N(C)C1(C(=O)O)CCCC1)NC(=O)OCC1c2ccccc2-c2ccccc21. The van der Waals surface area contributed by atoms with Crippen LogP contribution in [0.2, 0.25) is 0 Å². The van der Waals surface area contributed by atoms with E-state index in [1.54, 1.807) is 14.0 Å². The number of nitrogens with one attached hydrogen (secondary N) is 1. The molecule has 0 bridgehead atoms. The highest BCUT2D eigenvalue weighted by Crippen LogP contribution is 2.44. The first-order valence-electron chi connectivity index (χ1n) is 11.4. The molecule has 2 aromatic carbocycles. The zero-order chi connectivity index (χ0) is 23.6. The van der Waals surface area contributed by atoms with Crippen molar-refractivity contribution in [3.8, 4) is 11.1 Å². The summed E-state index contributed by atoms with van der Waals surface area (Å²) in [5.41, 5.74) is 3.44. The Hall–Kier alpha value is -3.35. The first-order valence-corrected chi connectivity index (χ1v) is 11.4. The minimum Gasteiger partial charge on any atom is -0.479 e. The van der Waals surface area contributed by atoms with Crippen LogP contribution in [0.25, 0.3) is 11.1 Å². The Balaban J connectivity index is 1.33. The van der Waals surface area contributed by atoms with Crippen LogP contribution in [0.3, 0.4) is 0 Å². The number of carbonyl (C=O) groups excluding carboxylic acids is 2. The number of hydrogen-bond donors (Lipinski definition) is 2. The van der Waals surface area contributed by atoms with Crippen LogP contribution in [0.15, 0.2) is 48.5 Å². The fourth-order valence-electron chi connectivity index (χ4n) is 5.18. The van der Waals surface area contributed by atoms with Gasteiger partial charge in [-0.25, -0.2) is 9.59 Å². The molecule has 2 aliphatic carbocycles. The molecule has 0 saturated heterocycles. The first-order chi connectivity index (χ1) is 15.8. The fraction of sp³-hybridized carbons (Fsp3) is 0.423. The number of carboxylic acids is 1. The summed E-state index contributed by atoms with van der Waals surface area (Å²) in [4.78, 5) is 38.4. The van der Waals surface area contributed by atoms with Crippen molar-refractivity contribution in [2.75, 3.05) is 13.7 Å². The molecule has 0 radical (unpaired) electrons. The average molecular weight is 451 g/mol. The molecule has 2 aliphatic rings. The van der Waals surface area contributed by atoms with E-state index in [1.807, 2.05) is 24.3 Å². The van der Waals surface area contributed by atoms with E-state index >= 15 is 0 Å². The van der Waals surface area contributed by atoms with E-state index in [4.69, 9.17) is 4.74 Å². The lowest BCUT2D eigenvalue weighted by Gasteiger charge is -2.35. The van der Waals surface area contributed by atoms with E-state index in [1.165, 1.54) is 4.90 Å². The van der Waals surface area contributed by atoms with E-state index in [0.717, 1.165) is 35.1 Å². The molecule has 2 aromatic rings. The number of rotatable bonds is 7. The van der Waals surface area contributed by atoms with Gasteiger partial charge in [-0.15, -0.1) is 0 Å². The number of amides is 2. The van der Waals surface area contributed by atoms with Crippen molar-refractivity contribution in [2.24, 2.45) is 0 Å². The van der Waals surface area contributed by atoms with Gasteiger partial charge in [0.15, 0.2) is 0 Å². The Kier molecular flexibility index (Phi) is 6.40. The summed E-state index contributed by atoms with van der Waals surface area (Å²) in [5.74, 6) is -1.30. The zero-order valence-electron chi connectivity index (χ0n) is 19.0. The number of carbonyl (C=O) groups is 3. The average Bonchev–Trinajstić information content (AvgIpc) is 3.41. The smallest absolute Gasteiger partial charge is 0.407 e. The Bertz CT molecular complexity index is 1010. The third kappa shape index (κ3) is 4.32. The maximum absolute atomic E-state index is 12.7. The van der Waals surface area contributed by atoms with Crippen LogP contribution in [-0.2, 0) is 14.3 Å². The first kappa shape index (κ1) is 22.8. The summed E-state index contributed by atoms with van der Waals surface area (Å²) < 4.78 is 5.54. The van der Waals surface area contributed by atoms with Crippen LogP contribution in [0, 0.1) is 0 Å². The summed E-state index contributed by atoms with van der Waals surface area (Å²) in [6.07, 6.45) is 1.91. The number of carboxylic acid groups (broad SMARTS) is 1. The Labute approximate surface area is 193 Å². The van der Waals surface area contributed by atoms with Gasteiger partial charge in [0.2, 0.25) is 5.91 Å². The molecule has 0 aliphatic heterocycles. The quantitative estimate of drug-likeness (QED) is 0.660. The monoisotopic (exact) mass is 450 g/mol. The molecule has 1 saturated carbocycles. The van der Waals surface area contributed by atoms with Crippen LogP contribution in [0.5, 0.6) is 0 Å². The number of aliphatic carboxylic acids is 1. The summed E-state index contributed by atoms with van der Waals surface area (Å²) in [7, 11) is 1.54. The molecule has 174 valence electrons. The van der Waals surface area contributed by atoms with Crippen LogP contribution < -0.4 is 5.32 Å². The molecule has 1 fully saturated rings. The predicted molar refractivity (Wildman–Crippen MR) is 124 cm³/mol. The van der Waals surface area contributed by atoms with Crippen LogP contribution in [0.4, 0.5) is 4.79 Å². The number of hydrogen-bond acceptors (Lipinski definition) is 4. The van der Waals surface area contributed by atoms with E-state index in [2.05, 4.69) is 29.6 Å². The second-order valence-corrected chi connectivity index (χ2v) is 9.07. The van der Waals surface area contributed by atoms with Gasteiger partial charge in [-0.2, -0.15) is 0 Å². The minimum atomic E-state index is -1.14. The molecule has 33 heavy (non-hydrogen) atoms. The summed E-state index contributed by atoms with van der Waals surface area (Å²) >= 11 is 0. The van der Waals surface area contributed by atoms with Gasteiger partial charge in [-0.05, 0) is 42.0 Å². The maximum atomic E-state index is 12.7. The van der Waals surface area contributed by atoms with Crippen LogP contribution in [0.1, 0.15) is 56.1 Å². The van der Waals surface area contributed by atoms with Crippen molar-refractivity contribution >= 4 is 18.0 Å². The van der Waals surface area contributed by atoms with E-state index < -0.39 is 23.6 Å². The van der Waals surface area contributed by atoms with E-state index in [-0.39, 0.29) is 24.9 Å². The predicted octanol–water partition coefficient (Wildman–Crippen LogP) is 4.16. The number of fused-ring (bicyclic) bond motifs is 3. The van der Waals surface area contributed by atoms with Gasteiger partial charge in [-0.3, -0.25) is 4.79 Å². The molecule has 4 rings (SSSR count). The number of alkyl carbamates (subject to hydrolysis) is 1. The molecule has 0 heterocycles. The number of likely N-dealkylation sites (N-methyl/N-ethyl adjacent to an activating group) is 1. The Morgan fingerprint density at radius 3 is 2.15 bits per heavy atom. The number of ether oxygens (including phenoxy) is 1. The molecular weight excluding hydrogens is 420 g/mol. The highest BCUT2D eigenvalue weighted by molar-refractivity contribution is 5.87. The summed E-state index contributed by atoms with van der Waals surface area (Å²) in [6, 6.07) is 15.7. The highest BCUT2D eigenvalue weighted by atomic mass is 16.5. The van der Waals surface area contributed by atoms with Crippen molar-refractivity contribution < 1.29 is 24.2 Å². The topological polar surface area (TPSA) is 95.9 Å². The second-order valence-electron chi connectivity index (χ2n) is 9.07. The molecule has 7 heteroatoms. The van der Waals surface area contributed by atoms with Gasteiger partial charge in [0.1, 0.15) is 12.1 Å². The fourth-order valence-corrected chi connectivity index (χ4v) is 5.18. The normalized spacial score (nSPS) is 17.0. The van der Waals surface area contributed by atoms with Crippen molar-refractivity contribution in [1.82, 2.24) is 10.2 Å². The lowest BCUT2D eigenvalue weighted by atomic mass is 9.95. The molecule has 0 spiro atoms. The molecule has 7 nitrogen and oxygen atoms in total. The van der Waals surface area contributed by atoms with Gasteiger partial charge in [0.05, 0.1) is 0 Å². The molecule has 0 aromatic heterocycles. The van der Waals surface area contributed by atoms with Crippen molar-refractivity contribution in [2.45, 2.75) is 56.5 Å².